The molecule has 11 heteroatoms. The van der Waals surface area contributed by atoms with Gasteiger partial charge in [-0.05, 0) is 47.6 Å². The van der Waals surface area contributed by atoms with Gasteiger partial charge in [0.25, 0.3) is 0 Å². The van der Waals surface area contributed by atoms with E-state index in [2.05, 4.69) is 10.3 Å². The maximum absolute atomic E-state index is 15.7. The molecule has 2 aromatic rings. The summed E-state index contributed by atoms with van der Waals surface area (Å²) in [5.74, 6) is -1.52. The third-order valence-corrected chi connectivity index (χ3v) is 5.22. The van der Waals surface area contributed by atoms with E-state index < -0.39 is 58.7 Å². The highest BCUT2D eigenvalue weighted by Gasteiger charge is 2.57. The van der Waals surface area contributed by atoms with Crippen molar-refractivity contribution >= 4 is 12.0 Å². The van der Waals surface area contributed by atoms with Crippen LogP contribution < -0.4 is 10.6 Å². The average molecular weight is 514 g/mol. The number of hydrogen-bond donors (Lipinski definition) is 3. The Morgan fingerprint density at radius 1 is 1.06 bits per heavy atom. The second kappa shape index (κ2) is 10.0. The SMILES string of the molecule is CC(=O)NC(C)(C)c1cc(C(O)(CNC(=O)OC(C)(C)C)C(F)(F)F)nc(-c2ccc(C)cc2)c1F. The van der Waals surface area contributed by atoms with Crippen LogP contribution in [0.1, 0.15) is 58.4 Å². The third-order valence-electron chi connectivity index (χ3n) is 5.22. The molecule has 1 aromatic heterocycles. The Labute approximate surface area is 207 Å². The Morgan fingerprint density at radius 2 is 1.61 bits per heavy atom. The number of aryl methyl sites for hydroxylation is 1. The minimum absolute atomic E-state index is 0.157. The van der Waals surface area contributed by atoms with Gasteiger partial charge in [-0.3, -0.25) is 4.79 Å². The highest BCUT2D eigenvalue weighted by atomic mass is 19.4. The summed E-state index contributed by atoms with van der Waals surface area (Å²) in [6.07, 6.45) is -6.52. The largest absolute Gasteiger partial charge is 0.444 e. The summed E-state index contributed by atoms with van der Waals surface area (Å²) < 4.78 is 63.4. The quantitative estimate of drug-likeness (QED) is 0.480. The molecule has 7 nitrogen and oxygen atoms in total. The lowest BCUT2D eigenvalue weighted by atomic mass is 9.88. The van der Waals surface area contributed by atoms with Gasteiger partial charge >= 0.3 is 12.3 Å². The molecular formula is C25H31F4N3O4. The van der Waals surface area contributed by atoms with Crippen LogP contribution in [0.15, 0.2) is 30.3 Å². The van der Waals surface area contributed by atoms with Crippen molar-refractivity contribution in [3.63, 3.8) is 0 Å². The number of nitrogens with one attached hydrogen (secondary N) is 2. The van der Waals surface area contributed by atoms with Crippen molar-refractivity contribution in [2.24, 2.45) is 0 Å². The lowest BCUT2D eigenvalue weighted by Crippen LogP contribution is -2.52. The smallest absolute Gasteiger partial charge is 0.424 e. The summed E-state index contributed by atoms with van der Waals surface area (Å²) in [7, 11) is 0. The molecule has 0 radical (unpaired) electrons. The molecule has 0 spiro atoms. The maximum Gasteiger partial charge on any atom is 0.424 e. The Kier molecular flexibility index (Phi) is 8.09. The number of alkyl halides is 3. The van der Waals surface area contributed by atoms with Gasteiger partial charge in [0.2, 0.25) is 11.5 Å². The van der Waals surface area contributed by atoms with Gasteiger partial charge < -0.3 is 20.5 Å². The number of benzene rings is 1. The third kappa shape index (κ3) is 6.71. The molecule has 1 unspecified atom stereocenters. The zero-order valence-electron chi connectivity index (χ0n) is 21.2. The Morgan fingerprint density at radius 3 is 2.08 bits per heavy atom. The van der Waals surface area contributed by atoms with Crippen molar-refractivity contribution in [1.29, 1.82) is 0 Å². The number of pyridine rings is 1. The van der Waals surface area contributed by atoms with Gasteiger partial charge in [-0.1, -0.05) is 29.8 Å². The van der Waals surface area contributed by atoms with Crippen molar-refractivity contribution in [3.8, 4) is 11.3 Å². The zero-order valence-corrected chi connectivity index (χ0v) is 21.2. The Bertz CT molecular complexity index is 1130. The molecule has 0 bridgehead atoms. The summed E-state index contributed by atoms with van der Waals surface area (Å²) in [5, 5.41) is 15.3. The van der Waals surface area contributed by atoms with E-state index in [1.54, 1.807) is 19.1 Å². The van der Waals surface area contributed by atoms with Crippen molar-refractivity contribution in [2.75, 3.05) is 6.54 Å². The number of amides is 2. The molecule has 1 aromatic carbocycles. The summed E-state index contributed by atoms with van der Waals surface area (Å²) in [5.41, 5.74) is -6.96. The lowest BCUT2D eigenvalue weighted by molar-refractivity contribution is -0.265. The number of ether oxygens (including phenoxy) is 1. The summed E-state index contributed by atoms with van der Waals surface area (Å²) in [4.78, 5) is 27.6. The number of nitrogens with zero attached hydrogens (tertiary/aromatic N) is 1. The second-order valence-corrected chi connectivity index (χ2v) is 10.1. The number of rotatable bonds is 6. The van der Waals surface area contributed by atoms with Crippen molar-refractivity contribution < 1.29 is 37.0 Å². The predicted molar refractivity (Wildman–Crippen MR) is 125 cm³/mol. The second-order valence-electron chi connectivity index (χ2n) is 10.1. The molecule has 0 saturated carbocycles. The van der Waals surface area contributed by atoms with Gasteiger partial charge in [0.1, 0.15) is 11.3 Å². The van der Waals surface area contributed by atoms with Crippen molar-refractivity contribution in [2.45, 2.75) is 71.4 Å². The number of carbonyl (C=O) groups is 2. The van der Waals surface area contributed by atoms with Gasteiger partial charge in [-0.2, -0.15) is 13.2 Å². The van der Waals surface area contributed by atoms with E-state index in [0.717, 1.165) is 11.6 Å². The van der Waals surface area contributed by atoms with Crippen LogP contribution in [0.5, 0.6) is 0 Å². The van der Waals surface area contributed by atoms with E-state index >= 15 is 4.39 Å². The number of aliphatic hydroxyl groups is 1. The molecule has 36 heavy (non-hydrogen) atoms. The molecule has 2 amide bonds. The number of hydrogen-bond acceptors (Lipinski definition) is 5. The normalized spacial score (nSPS) is 14.1. The zero-order chi connectivity index (χ0) is 27.7. The first-order valence-electron chi connectivity index (χ1n) is 11.1. The van der Waals surface area contributed by atoms with Gasteiger partial charge in [0, 0.05) is 18.1 Å². The van der Waals surface area contributed by atoms with Crippen LogP contribution in [-0.2, 0) is 20.7 Å². The maximum atomic E-state index is 15.7. The molecule has 0 aliphatic rings. The molecule has 1 atom stereocenters. The number of carbonyl (C=O) groups excluding carboxylic acids is 2. The van der Waals surface area contributed by atoms with Crippen LogP contribution in [0.4, 0.5) is 22.4 Å². The number of halogens is 4. The van der Waals surface area contributed by atoms with Crippen LogP contribution >= 0.6 is 0 Å². The minimum atomic E-state index is -5.33. The summed E-state index contributed by atoms with van der Waals surface area (Å²) >= 11 is 0. The molecule has 0 aliphatic carbocycles. The van der Waals surface area contributed by atoms with E-state index in [-0.39, 0.29) is 11.1 Å². The Balaban J connectivity index is 2.75. The average Bonchev–Trinajstić information content (AvgIpc) is 2.69. The molecule has 0 fully saturated rings. The summed E-state index contributed by atoms with van der Waals surface area (Å²) in [6, 6.07) is 6.95. The van der Waals surface area contributed by atoms with E-state index in [0.29, 0.717) is 0 Å². The Hall–Kier alpha value is -3.21. The topological polar surface area (TPSA) is 101 Å². The van der Waals surface area contributed by atoms with E-state index in [4.69, 9.17) is 4.74 Å². The fourth-order valence-corrected chi connectivity index (χ4v) is 3.46. The van der Waals surface area contributed by atoms with Gasteiger partial charge in [0.05, 0.1) is 17.8 Å². The first kappa shape index (κ1) is 29.0. The van der Waals surface area contributed by atoms with Gasteiger partial charge in [-0.25, -0.2) is 14.2 Å². The highest BCUT2D eigenvalue weighted by molar-refractivity contribution is 5.74. The van der Waals surface area contributed by atoms with E-state index in [1.165, 1.54) is 53.7 Å². The molecule has 3 N–H and O–H groups in total. The molecule has 2 rings (SSSR count). The molecule has 198 valence electrons. The number of alkyl carbamates (subject to hydrolysis) is 1. The first-order chi connectivity index (χ1) is 16.3. The standard InChI is InChI=1S/C25H31F4N3O4/c1-14-8-10-16(11-9-14)20-19(26)17(23(6,7)32-15(2)33)12-18(31-20)24(35,25(27,28)29)13-30-21(34)36-22(3,4)5/h8-12,35H,13H2,1-7H3,(H,30,34)(H,32,33). The number of aromatic nitrogens is 1. The minimum Gasteiger partial charge on any atom is -0.444 e. The van der Waals surface area contributed by atoms with Crippen molar-refractivity contribution in [3.05, 3.63) is 53.0 Å². The highest BCUT2D eigenvalue weighted by Crippen LogP contribution is 2.41. The van der Waals surface area contributed by atoms with Gasteiger partial charge in [-0.15, -0.1) is 0 Å². The molecule has 0 saturated heterocycles. The molecular weight excluding hydrogens is 482 g/mol. The molecule has 1 heterocycles. The fraction of sp³-hybridized carbons (Fsp3) is 0.480. The molecule has 0 aliphatic heterocycles. The van der Waals surface area contributed by atoms with Crippen LogP contribution in [0.3, 0.4) is 0 Å². The van der Waals surface area contributed by atoms with Crippen molar-refractivity contribution in [1.82, 2.24) is 15.6 Å². The van der Waals surface area contributed by atoms with Crippen LogP contribution in [0.25, 0.3) is 11.3 Å². The van der Waals surface area contributed by atoms with Crippen LogP contribution in [0.2, 0.25) is 0 Å². The predicted octanol–water partition coefficient (Wildman–Crippen LogP) is 4.84. The summed E-state index contributed by atoms with van der Waals surface area (Å²) in [6.45, 7) is 8.98. The van der Waals surface area contributed by atoms with E-state index in [1.807, 2.05) is 5.32 Å². The van der Waals surface area contributed by atoms with E-state index in [9.17, 15) is 27.9 Å². The van der Waals surface area contributed by atoms with Crippen LogP contribution in [0, 0.1) is 12.7 Å². The van der Waals surface area contributed by atoms with Gasteiger partial charge in [0.15, 0.2) is 5.82 Å². The van der Waals surface area contributed by atoms with Crippen LogP contribution in [-0.4, -0.2) is 40.4 Å². The lowest BCUT2D eigenvalue weighted by Gasteiger charge is -2.33. The fourth-order valence-electron chi connectivity index (χ4n) is 3.46. The first-order valence-corrected chi connectivity index (χ1v) is 11.1. The monoisotopic (exact) mass is 513 g/mol.